The first-order chi connectivity index (χ1) is 10.2. The van der Waals surface area contributed by atoms with Crippen molar-refractivity contribution in [3.05, 3.63) is 29.7 Å². The van der Waals surface area contributed by atoms with Crippen molar-refractivity contribution in [1.29, 1.82) is 0 Å². The van der Waals surface area contributed by atoms with Gasteiger partial charge in [-0.05, 0) is 18.6 Å². The SMILES string of the molecule is CCCCCCCCCc1nnc2ccc(C(=O)O)cn12. The minimum atomic E-state index is -0.924. The van der Waals surface area contributed by atoms with E-state index in [2.05, 4.69) is 17.1 Å². The predicted octanol–water partition coefficient (Wildman–Crippen LogP) is 3.72. The number of pyridine rings is 1. The molecule has 0 amide bonds. The number of carboxylic acids is 1. The number of nitrogens with zero attached hydrogens (tertiary/aromatic N) is 3. The van der Waals surface area contributed by atoms with Gasteiger partial charge in [0.05, 0.1) is 5.56 Å². The summed E-state index contributed by atoms with van der Waals surface area (Å²) < 4.78 is 1.79. The summed E-state index contributed by atoms with van der Waals surface area (Å²) in [5.41, 5.74) is 0.973. The van der Waals surface area contributed by atoms with Gasteiger partial charge in [-0.3, -0.25) is 4.40 Å². The van der Waals surface area contributed by atoms with Gasteiger partial charge in [0, 0.05) is 12.6 Å². The number of carboxylic acid groups (broad SMARTS) is 1. The Bertz CT molecular complexity index is 592. The Morgan fingerprint density at radius 1 is 1.10 bits per heavy atom. The van der Waals surface area contributed by atoms with Gasteiger partial charge >= 0.3 is 5.97 Å². The van der Waals surface area contributed by atoms with E-state index in [0.717, 1.165) is 18.7 Å². The largest absolute Gasteiger partial charge is 0.478 e. The highest BCUT2D eigenvalue weighted by Crippen LogP contribution is 2.12. The smallest absolute Gasteiger partial charge is 0.337 e. The van der Waals surface area contributed by atoms with E-state index in [9.17, 15) is 4.79 Å². The number of hydrogen-bond acceptors (Lipinski definition) is 3. The van der Waals surface area contributed by atoms with Crippen LogP contribution in [0.3, 0.4) is 0 Å². The van der Waals surface area contributed by atoms with Crippen molar-refractivity contribution in [2.45, 2.75) is 58.3 Å². The third-order valence-electron chi connectivity index (χ3n) is 3.72. The quantitative estimate of drug-likeness (QED) is 0.714. The van der Waals surface area contributed by atoms with Crippen LogP contribution in [0.25, 0.3) is 5.65 Å². The number of fused-ring (bicyclic) bond motifs is 1. The number of unbranched alkanes of at least 4 members (excludes halogenated alkanes) is 6. The number of hydrogen-bond donors (Lipinski definition) is 1. The Balaban J connectivity index is 1.87. The van der Waals surface area contributed by atoms with E-state index in [1.807, 2.05) is 0 Å². The van der Waals surface area contributed by atoms with E-state index in [1.165, 1.54) is 38.5 Å². The Morgan fingerprint density at radius 2 is 1.81 bits per heavy atom. The second-order valence-electron chi connectivity index (χ2n) is 5.44. The molecule has 5 heteroatoms. The lowest BCUT2D eigenvalue weighted by atomic mass is 10.1. The van der Waals surface area contributed by atoms with E-state index in [-0.39, 0.29) is 5.56 Å². The standard InChI is InChI=1S/C16H23N3O2/c1-2-3-4-5-6-7-8-9-14-17-18-15-11-10-13(16(20)21)12-19(14)15/h10-12H,2-9H2,1H3,(H,20,21). The van der Waals surface area contributed by atoms with Crippen molar-refractivity contribution in [3.8, 4) is 0 Å². The third-order valence-corrected chi connectivity index (χ3v) is 3.72. The van der Waals surface area contributed by atoms with Crippen LogP contribution in [0.5, 0.6) is 0 Å². The van der Waals surface area contributed by atoms with E-state index in [1.54, 1.807) is 22.7 Å². The zero-order valence-electron chi connectivity index (χ0n) is 12.6. The molecular weight excluding hydrogens is 266 g/mol. The summed E-state index contributed by atoms with van der Waals surface area (Å²) >= 11 is 0. The molecule has 0 aliphatic heterocycles. The van der Waals surface area contributed by atoms with Crippen LogP contribution in [0.15, 0.2) is 18.3 Å². The maximum Gasteiger partial charge on any atom is 0.337 e. The van der Waals surface area contributed by atoms with Crippen LogP contribution in [-0.2, 0) is 6.42 Å². The Kier molecular flexibility index (Phi) is 5.72. The minimum Gasteiger partial charge on any atom is -0.478 e. The molecule has 5 nitrogen and oxygen atoms in total. The number of carbonyl (C=O) groups is 1. The molecule has 2 heterocycles. The fourth-order valence-corrected chi connectivity index (χ4v) is 2.48. The highest BCUT2D eigenvalue weighted by Gasteiger charge is 2.09. The summed E-state index contributed by atoms with van der Waals surface area (Å²) in [6.45, 7) is 2.22. The van der Waals surface area contributed by atoms with E-state index in [4.69, 9.17) is 5.11 Å². The van der Waals surface area contributed by atoms with Crippen molar-refractivity contribution in [2.75, 3.05) is 0 Å². The van der Waals surface area contributed by atoms with Gasteiger partial charge in [0.1, 0.15) is 5.82 Å². The van der Waals surface area contributed by atoms with E-state index >= 15 is 0 Å². The van der Waals surface area contributed by atoms with Crippen LogP contribution in [-0.4, -0.2) is 25.7 Å². The lowest BCUT2D eigenvalue weighted by molar-refractivity contribution is 0.0696. The van der Waals surface area contributed by atoms with Crippen molar-refractivity contribution < 1.29 is 9.90 Å². The van der Waals surface area contributed by atoms with Gasteiger partial charge in [0.2, 0.25) is 0 Å². The molecule has 2 aromatic rings. The van der Waals surface area contributed by atoms with Gasteiger partial charge < -0.3 is 5.11 Å². The molecule has 21 heavy (non-hydrogen) atoms. The van der Waals surface area contributed by atoms with Crippen LogP contribution in [0, 0.1) is 0 Å². The molecule has 2 aromatic heterocycles. The molecule has 0 bridgehead atoms. The van der Waals surface area contributed by atoms with Crippen molar-refractivity contribution in [3.63, 3.8) is 0 Å². The summed E-state index contributed by atoms with van der Waals surface area (Å²) in [6, 6.07) is 3.26. The van der Waals surface area contributed by atoms with Crippen molar-refractivity contribution in [2.24, 2.45) is 0 Å². The molecule has 0 fully saturated rings. The molecule has 1 N–H and O–H groups in total. The zero-order valence-corrected chi connectivity index (χ0v) is 12.6. The Hall–Kier alpha value is -1.91. The number of aryl methyl sites for hydroxylation is 1. The fraction of sp³-hybridized carbons (Fsp3) is 0.562. The molecular formula is C16H23N3O2. The molecule has 0 saturated carbocycles. The first kappa shape index (κ1) is 15.5. The topological polar surface area (TPSA) is 67.5 Å². The first-order valence-electron chi connectivity index (χ1n) is 7.79. The summed E-state index contributed by atoms with van der Waals surface area (Å²) in [7, 11) is 0. The van der Waals surface area contributed by atoms with Crippen LogP contribution in [0.1, 0.15) is 68.1 Å². The Labute approximate surface area is 125 Å². The molecule has 2 rings (SSSR count). The summed E-state index contributed by atoms with van der Waals surface area (Å²) in [5.74, 6) is -0.0749. The molecule has 0 spiro atoms. The number of aromatic carboxylic acids is 1. The Morgan fingerprint density at radius 3 is 2.52 bits per heavy atom. The lowest BCUT2D eigenvalue weighted by Crippen LogP contribution is -2.01. The lowest BCUT2D eigenvalue weighted by Gasteiger charge is -2.02. The maximum atomic E-state index is 11.0. The summed E-state index contributed by atoms with van der Waals surface area (Å²) in [6.07, 6.45) is 11.2. The second-order valence-corrected chi connectivity index (χ2v) is 5.44. The molecule has 0 aromatic carbocycles. The normalized spacial score (nSPS) is 11.1. The number of rotatable bonds is 9. The molecule has 0 unspecified atom stereocenters. The average Bonchev–Trinajstić information content (AvgIpc) is 2.88. The zero-order chi connectivity index (χ0) is 15.1. The van der Waals surface area contributed by atoms with Gasteiger partial charge in [-0.25, -0.2) is 4.79 Å². The third kappa shape index (κ3) is 4.28. The van der Waals surface area contributed by atoms with Gasteiger partial charge in [-0.15, -0.1) is 10.2 Å². The fourth-order valence-electron chi connectivity index (χ4n) is 2.48. The van der Waals surface area contributed by atoms with E-state index < -0.39 is 5.97 Å². The summed E-state index contributed by atoms with van der Waals surface area (Å²) in [4.78, 5) is 11.0. The number of aromatic nitrogens is 3. The average molecular weight is 289 g/mol. The van der Waals surface area contributed by atoms with Crippen LogP contribution in [0.4, 0.5) is 0 Å². The van der Waals surface area contributed by atoms with Crippen molar-refractivity contribution in [1.82, 2.24) is 14.6 Å². The van der Waals surface area contributed by atoms with E-state index in [0.29, 0.717) is 5.65 Å². The predicted molar refractivity (Wildman–Crippen MR) is 81.6 cm³/mol. The molecule has 0 aliphatic rings. The van der Waals surface area contributed by atoms with Gasteiger partial charge in [-0.1, -0.05) is 45.4 Å². The van der Waals surface area contributed by atoms with Gasteiger partial charge in [0.25, 0.3) is 0 Å². The van der Waals surface area contributed by atoms with Crippen LogP contribution < -0.4 is 0 Å². The maximum absolute atomic E-state index is 11.0. The molecule has 114 valence electrons. The monoisotopic (exact) mass is 289 g/mol. The first-order valence-corrected chi connectivity index (χ1v) is 7.79. The molecule has 0 atom stereocenters. The minimum absolute atomic E-state index is 0.267. The highest BCUT2D eigenvalue weighted by atomic mass is 16.4. The van der Waals surface area contributed by atoms with Crippen molar-refractivity contribution >= 4 is 11.6 Å². The molecule has 0 saturated heterocycles. The van der Waals surface area contributed by atoms with Crippen LogP contribution >= 0.6 is 0 Å². The second kappa shape index (κ2) is 7.76. The van der Waals surface area contributed by atoms with Gasteiger partial charge in [-0.2, -0.15) is 0 Å². The van der Waals surface area contributed by atoms with Gasteiger partial charge in [0.15, 0.2) is 5.65 Å². The molecule has 0 aliphatic carbocycles. The van der Waals surface area contributed by atoms with Crippen LogP contribution in [0.2, 0.25) is 0 Å². The highest BCUT2D eigenvalue weighted by molar-refractivity contribution is 5.87. The molecule has 0 radical (unpaired) electrons. The summed E-state index contributed by atoms with van der Waals surface area (Å²) in [5, 5.41) is 17.3.